The summed E-state index contributed by atoms with van der Waals surface area (Å²) in [4.78, 5) is 1.26. The van der Waals surface area contributed by atoms with Gasteiger partial charge in [-0.2, -0.15) is 0 Å². The van der Waals surface area contributed by atoms with E-state index in [0.29, 0.717) is 12.0 Å². The Morgan fingerprint density at radius 3 is 2.40 bits per heavy atom. The van der Waals surface area contributed by atoms with Crippen LogP contribution in [-0.4, -0.2) is 19.6 Å². The molecule has 1 atom stereocenters. The van der Waals surface area contributed by atoms with Gasteiger partial charge in [0, 0.05) is 17.5 Å². The first-order valence-corrected chi connectivity index (χ1v) is 6.17. The lowest BCUT2D eigenvalue weighted by molar-refractivity contribution is 0.427. The van der Waals surface area contributed by atoms with Gasteiger partial charge in [-0.05, 0) is 37.0 Å². The topological polar surface area (TPSA) is 24.1 Å². The molecule has 1 unspecified atom stereocenters. The molecule has 0 saturated heterocycles. The highest BCUT2D eigenvalue weighted by Gasteiger charge is 2.09. The van der Waals surface area contributed by atoms with Gasteiger partial charge in [-0.1, -0.05) is 32.0 Å². The first-order chi connectivity index (χ1) is 7.24. The Labute approximate surface area is 97.0 Å². The summed E-state index contributed by atoms with van der Waals surface area (Å²) >= 11 is 1.69. The average Bonchev–Trinajstić information content (AvgIpc) is 2.25. The van der Waals surface area contributed by atoms with Crippen LogP contribution in [-0.2, 0) is 0 Å². The summed E-state index contributed by atoms with van der Waals surface area (Å²) in [5.74, 6) is 0.652. The Hall–Kier alpha value is -0.510. The summed E-state index contributed by atoms with van der Waals surface area (Å²) in [7, 11) is 2.01. The van der Waals surface area contributed by atoms with Crippen LogP contribution in [0.3, 0.4) is 0 Å². The molecule has 1 aromatic rings. The van der Waals surface area contributed by atoms with Crippen LogP contribution in [0.4, 0.5) is 0 Å². The van der Waals surface area contributed by atoms with Crippen molar-refractivity contribution in [3.05, 3.63) is 30.3 Å². The predicted octanol–water partition coefficient (Wildman–Crippen LogP) is 2.53. The fourth-order valence-corrected chi connectivity index (χ4v) is 2.10. The zero-order chi connectivity index (χ0) is 11.1. The summed E-state index contributed by atoms with van der Waals surface area (Å²) in [5.41, 5.74) is 0. The van der Waals surface area contributed by atoms with E-state index in [4.69, 9.17) is 0 Å². The van der Waals surface area contributed by atoms with Crippen LogP contribution in [0, 0.1) is 5.92 Å². The minimum Gasteiger partial charge on any atom is -0.315 e. The van der Waals surface area contributed by atoms with Crippen molar-refractivity contribution in [3.63, 3.8) is 0 Å². The lowest BCUT2D eigenvalue weighted by Gasteiger charge is -2.20. The molecule has 3 heteroatoms. The quantitative estimate of drug-likeness (QED) is 0.726. The molecule has 0 amide bonds. The molecule has 0 spiro atoms. The van der Waals surface area contributed by atoms with Crippen LogP contribution >= 0.6 is 11.9 Å². The first-order valence-electron chi connectivity index (χ1n) is 5.36. The van der Waals surface area contributed by atoms with Gasteiger partial charge in [0.25, 0.3) is 0 Å². The zero-order valence-corrected chi connectivity index (χ0v) is 10.5. The molecule has 0 aliphatic heterocycles. The molecule has 0 aromatic heterocycles. The Morgan fingerprint density at radius 1 is 1.20 bits per heavy atom. The fraction of sp³-hybridized carbons (Fsp3) is 0.500. The molecular weight excluding hydrogens is 204 g/mol. The smallest absolute Gasteiger partial charge is 0.0228 e. The Kier molecular flexibility index (Phi) is 5.76. The molecule has 2 N–H and O–H groups in total. The average molecular weight is 224 g/mol. The predicted molar refractivity (Wildman–Crippen MR) is 68.0 cm³/mol. The van der Waals surface area contributed by atoms with Crippen molar-refractivity contribution in [1.29, 1.82) is 0 Å². The molecule has 0 radical (unpaired) electrons. The van der Waals surface area contributed by atoms with Crippen molar-refractivity contribution in [1.82, 2.24) is 10.0 Å². The summed E-state index contributed by atoms with van der Waals surface area (Å²) in [6, 6.07) is 10.9. The molecule has 0 saturated carbocycles. The fourth-order valence-electron chi connectivity index (χ4n) is 1.37. The van der Waals surface area contributed by atoms with E-state index in [2.05, 4.69) is 48.2 Å². The molecule has 0 fully saturated rings. The summed E-state index contributed by atoms with van der Waals surface area (Å²) < 4.78 is 3.39. The van der Waals surface area contributed by atoms with Gasteiger partial charge in [-0.3, -0.25) is 4.72 Å². The lowest BCUT2D eigenvalue weighted by Crippen LogP contribution is -2.38. The van der Waals surface area contributed by atoms with E-state index in [1.807, 2.05) is 13.1 Å². The minimum absolute atomic E-state index is 0.529. The van der Waals surface area contributed by atoms with Crippen LogP contribution < -0.4 is 10.0 Å². The Balaban J connectivity index is 2.27. The number of hydrogen-bond donors (Lipinski definition) is 2. The number of rotatable bonds is 6. The van der Waals surface area contributed by atoms with E-state index in [-0.39, 0.29) is 0 Å². The van der Waals surface area contributed by atoms with E-state index >= 15 is 0 Å². The molecule has 0 bridgehead atoms. The SMILES string of the molecule is CNC(CNSc1ccccc1)C(C)C. The molecule has 0 heterocycles. The molecule has 1 rings (SSSR count). The van der Waals surface area contributed by atoms with Crippen molar-refractivity contribution >= 4 is 11.9 Å². The highest BCUT2D eigenvalue weighted by atomic mass is 32.2. The van der Waals surface area contributed by atoms with Crippen LogP contribution in [0.5, 0.6) is 0 Å². The molecular formula is C12H20N2S. The second-order valence-corrected chi connectivity index (χ2v) is 4.87. The Bertz CT molecular complexity index is 262. The van der Waals surface area contributed by atoms with Crippen molar-refractivity contribution < 1.29 is 0 Å². The van der Waals surface area contributed by atoms with Crippen molar-refractivity contribution in [2.45, 2.75) is 24.8 Å². The van der Waals surface area contributed by atoms with E-state index < -0.39 is 0 Å². The van der Waals surface area contributed by atoms with Gasteiger partial charge < -0.3 is 5.32 Å². The first kappa shape index (κ1) is 12.6. The van der Waals surface area contributed by atoms with Gasteiger partial charge in [0.2, 0.25) is 0 Å². The second-order valence-electron chi connectivity index (χ2n) is 3.90. The lowest BCUT2D eigenvalue weighted by atomic mass is 10.1. The van der Waals surface area contributed by atoms with Crippen LogP contribution in [0.15, 0.2) is 35.2 Å². The van der Waals surface area contributed by atoms with Crippen molar-refractivity contribution in [3.8, 4) is 0 Å². The summed E-state index contributed by atoms with van der Waals surface area (Å²) in [6.07, 6.45) is 0. The maximum atomic E-state index is 3.39. The third kappa shape index (κ3) is 4.69. The molecule has 84 valence electrons. The summed E-state index contributed by atoms with van der Waals surface area (Å²) in [5, 5.41) is 3.31. The maximum absolute atomic E-state index is 3.39. The van der Waals surface area contributed by atoms with Gasteiger partial charge in [0.05, 0.1) is 0 Å². The number of likely N-dealkylation sites (N-methyl/N-ethyl adjacent to an activating group) is 1. The van der Waals surface area contributed by atoms with E-state index in [9.17, 15) is 0 Å². The monoisotopic (exact) mass is 224 g/mol. The van der Waals surface area contributed by atoms with Gasteiger partial charge in [-0.15, -0.1) is 0 Å². The number of benzene rings is 1. The van der Waals surface area contributed by atoms with E-state index in [1.54, 1.807) is 11.9 Å². The molecule has 15 heavy (non-hydrogen) atoms. The third-order valence-corrected chi connectivity index (χ3v) is 3.23. The van der Waals surface area contributed by atoms with Crippen LogP contribution in [0.1, 0.15) is 13.8 Å². The zero-order valence-electron chi connectivity index (χ0n) is 9.66. The van der Waals surface area contributed by atoms with Crippen molar-refractivity contribution in [2.75, 3.05) is 13.6 Å². The Morgan fingerprint density at radius 2 is 1.87 bits per heavy atom. The molecule has 0 aliphatic carbocycles. The van der Waals surface area contributed by atoms with Gasteiger partial charge in [0.1, 0.15) is 0 Å². The van der Waals surface area contributed by atoms with Gasteiger partial charge in [0.15, 0.2) is 0 Å². The van der Waals surface area contributed by atoms with Crippen molar-refractivity contribution in [2.24, 2.45) is 5.92 Å². The number of hydrogen-bond acceptors (Lipinski definition) is 3. The van der Waals surface area contributed by atoms with Gasteiger partial charge in [-0.25, -0.2) is 0 Å². The van der Waals surface area contributed by atoms with Crippen LogP contribution in [0.25, 0.3) is 0 Å². The largest absolute Gasteiger partial charge is 0.315 e. The van der Waals surface area contributed by atoms with E-state index in [1.165, 1.54) is 4.90 Å². The van der Waals surface area contributed by atoms with E-state index in [0.717, 1.165) is 6.54 Å². The highest BCUT2D eigenvalue weighted by molar-refractivity contribution is 7.97. The third-order valence-electron chi connectivity index (χ3n) is 2.41. The summed E-state index contributed by atoms with van der Waals surface area (Å²) in [6.45, 7) is 5.44. The minimum atomic E-state index is 0.529. The molecule has 1 aromatic carbocycles. The number of nitrogens with one attached hydrogen (secondary N) is 2. The van der Waals surface area contributed by atoms with Gasteiger partial charge >= 0.3 is 0 Å². The highest BCUT2D eigenvalue weighted by Crippen LogP contribution is 2.13. The standard InChI is InChI=1S/C12H20N2S/c1-10(2)12(13-3)9-14-15-11-7-5-4-6-8-11/h4-8,10,12-14H,9H2,1-3H3. The second kappa shape index (κ2) is 6.88. The molecule has 2 nitrogen and oxygen atoms in total. The normalized spacial score (nSPS) is 13.1. The van der Waals surface area contributed by atoms with Crippen LogP contribution in [0.2, 0.25) is 0 Å². The molecule has 0 aliphatic rings. The maximum Gasteiger partial charge on any atom is 0.0228 e.